The summed E-state index contributed by atoms with van der Waals surface area (Å²) in [6, 6.07) is 16.5. The first kappa shape index (κ1) is 20.8. The zero-order valence-electron chi connectivity index (χ0n) is 18.2. The molecule has 1 aliphatic heterocycles. The van der Waals surface area contributed by atoms with Crippen LogP contribution in [0.2, 0.25) is 0 Å². The maximum absolute atomic E-state index is 9.89. The van der Waals surface area contributed by atoms with Crippen LogP contribution in [-0.2, 0) is 6.42 Å². The highest BCUT2D eigenvalue weighted by atomic mass is 16.3. The average Bonchev–Trinajstić information content (AvgIpc) is 3.43. The average molecular weight is 429 g/mol. The Bertz CT molecular complexity index is 1220. The van der Waals surface area contributed by atoms with Crippen LogP contribution in [0.1, 0.15) is 30.6 Å². The van der Waals surface area contributed by atoms with Crippen LogP contribution in [0.4, 0.5) is 0 Å². The fourth-order valence-corrected chi connectivity index (χ4v) is 4.36. The van der Waals surface area contributed by atoms with Gasteiger partial charge in [0.25, 0.3) is 0 Å². The predicted molar refractivity (Wildman–Crippen MR) is 125 cm³/mol. The molecule has 1 saturated heterocycles. The molecule has 2 aromatic carbocycles. The standard InChI is InChI=1S/C26H28N4O2/c1-18(31)21-3-2-4-22(13-21)25-15-28-30-16-23(14-27-26(25)30)20-7-5-19(6-8-20)9-11-29-12-10-24(32)17-29/h2-8,13-16,18,24,31-32H,9-12,17H2,1H3. The van der Waals surface area contributed by atoms with Crippen LogP contribution in [-0.4, -0.2) is 55.4 Å². The van der Waals surface area contributed by atoms with Crippen molar-refractivity contribution in [1.29, 1.82) is 0 Å². The summed E-state index contributed by atoms with van der Waals surface area (Å²) >= 11 is 0. The van der Waals surface area contributed by atoms with Gasteiger partial charge in [-0.25, -0.2) is 9.50 Å². The lowest BCUT2D eigenvalue weighted by Crippen LogP contribution is -2.24. The fraction of sp³-hybridized carbons (Fsp3) is 0.308. The van der Waals surface area contributed by atoms with E-state index >= 15 is 0 Å². The van der Waals surface area contributed by atoms with Crippen molar-refractivity contribution in [2.45, 2.75) is 32.0 Å². The molecule has 32 heavy (non-hydrogen) atoms. The number of aliphatic hydroxyl groups excluding tert-OH is 2. The van der Waals surface area contributed by atoms with Gasteiger partial charge in [-0.15, -0.1) is 0 Å². The number of likely N-dealkylation sites (tertiary alicyclic amines) is 1. The summed E-state index contributed by atoms with van der Waals surface area (Å²) < 4.78 is 1.81. The topological polar surface area (TPSA) is 73.9 Å². The number of hydrogen-bond donors (Lipinski definition) is 2. The molecule has 164 valence electrons. The van der Waals surface area contributed by atoms with Crippen LogP contribution in [0.5, 0.6) is 0 Å². The number of nitrogens with zero attached hydrogens (tertiary/aromatic N) is 4. The first-order valence-electron chi connectivity index (χ1n) is 11.2. The second kappa shape index (κ2) is 8.82. The summed E-state index contributed by atoms with van der Waals surface area (Å²) in [5, 5.41) is 24.1. The van der Waals surface area contributed by atoms with Crippen molar-refractivity contribution in [3.8, 4) is 22.3 Å². The minimum Gasteiger partial charge on any atom is -0.392 e. The third-order valence-electron chi connectivity index (χ3n) is 6.29. The van der Waals surface area contributed by atoms with E-state index in [1.807, 2.05) is 47.4 Å². The van der Waals surface area contributed by atoms with E-state index in [0.29, 0.717) is 0 Å². The lowest BCUT2D eigenvalue weighted by atomic mass is 10.0. The maximum Gasteiger partial charge on any atom is 0.162 e. The number of aliphatic hydroxyl groups is 2. The molecule has 0 bridgehead atoms. The van der Waals surface area contributed by atoms with E-state index < -0.39 is 6.10 Å². The first-order valence-corrected chi connectivity index (χ1v) is 11.2. The highest BCUT2D eigenvalue weighted by molar-refractivity contribution is 5.78. The van der Waals surface area contributed by atoms with E-state index in [1.165, 1.54) is 5.56 Å². The molecular weight excluding hydrogens is 400 g/mol. The second-order valence-electron chi connectivity index (χ2n) is 8.66. The van der Waals surface area contributed by atoms with Crippen molar-refractivity contribution in [2.24, 2.45) is 0 Å². The van der Waals surface area contributed by atoms with Gasteiger partial charge in [-0.2, -0.15) is 5.10 Å². The Kier molecular flexibility index (Phi) is 5.74. The molecule has 3 heterocycles. The van der Waals surface area contributed by atoms with Crippen molar-refractivity contribution in [3.05, 3.63) is 78.2 Å². The number of β-amino-alcohol motifs (C(OH)–C–C–N with tert-alkyl or cyclic N) is 1. The van der Waals surface area contributed by atoms with Crippen LogP contribution < -0.4 is 0 Å². The summed E-state index contributed by atoms with van der Waals surface area (Å²) in [5.41, 5.74) is 7.02. The molecule has 0 spiro atoms. The number of hydrogen-bond acceptors (Lipinski definition) is 5. The van der Waals surface area contributed by atoms with Crippen molar-refractivity contribution < 1.29 is 10.2 Å². The summed E-state index contributed by atoms with van der Waals surface area (Å²) in [6.45, 7) is 4.52. The summed E-state index contributed by atoms with van der Waals surface area (Å²) in [4.78, 5) is 7.02. The van der Waals surface area contributed by atoms with Gasteiger partial charge in [-0.05, 0) is 48.1 Å². The van der Waals surface area contributed by atoms with E-state index in [0.717, 1.165) is 65.9 Å². The molecule has 0 aliphatic carbocycles. The van der Waals surface area contributed by atoms with Crippen molar-refractivity contribution in [1.82, 2.24) is 19.5 Å². The molecule has 2 unspecified atom stereocenters. The van der Waals surface area contributed by atoms with Crippen LogP contribution in [0.3, 0.4) is 0 Å². The zero-order valence-corrected chi connectivity index (χ0v) is 18.2. The number of rotatable bonds is 6. The molecule has 0 saturated carbocycles. The lowest BCUT2D eigenvalue weighted by molar-refractivity contribution is 0.177. The number of benzene rings is 2. The van der Waals surface area contributed by atoms with Gasteiger partial charge < -0.3 is 15.1 Å². The van der Waals surface area contributed by atoms with Crippen LogP contribution >= 0.6 is 0 Å². The molecule has 2 atom stereocenters. The van der Waals surface area contributed by atoms with E-state index in [1.54, 1.807) is 6.92 Å². The maximum atomic E-state index is 9.89. The Morgan fingerprint density at radius 3 is 2.66 bits per heavy atom. The lowest BCUT2D eigenvalue weighted by Gasteiger charge is -2.14. The molecular formula is C26H28N4O2. The summed E-state index contributed by atoms with van der Waals surface area (Å²) in [5.74, 6) is 0. The zero-order chi connectivity index (χ0) is 22.1. The third-order valence-corrected chi connectivity index (χ3v) is 6.29. The molecule has 2 N–H and O–H groups in total. The van der Waals surface area contributed by atoms with Crippen LogP contribution in [0, 0.1) is 0 Å². The molecule has 2 aromatic heterocycles. The fourth-order valence-electron chi connectivity index (χ4n) is 4.36. The minimum atomic E-state index is -0.513. The van der Waals surface area contributed by atoms with Gasteiger partial charge in [-0.3, -0.25) is 0 Å². The Morgan fingerprint density at radius 2 is 1.91 bits per heavy atom. The molecule has 1 fully saturated rings. The Labute approximate surface area is 187 Å². The number of fused-ring (bicyclic) bond motifs is 1. The van der Waals surface area contributed by atoms with Gasteiger partial charge in [-0.1, -0.05) is 42.5 Å². The highest BCUT2D eigenvalue weighted by Crippen LogP contribution is 2.28. The quantitative estimate of drug-likeness (QED) is 0.490. The van der Waals surface area contributed by atoms with Gasteiger partial charge in [0.1, 0.15) is 0 Å². The third kappa shape index (κ3) is 4.30. The van der Waals surface area contributed by atoms with E-state index in [4.69, 9.17) is 4.98 Å². The van der Waals surface area contributed by atoms with Gasteiger partial charge in [0.2, 0.25) is 0 Å². The van der Waals surface area contributed by atoms with Crippen LogP contribution in [0.15, 0.2) is 67.1 Å². The van der Waals surface area contributed by atoms with Gasteiger partial charge in [0.15, 0.2) is 5.65 Å². The molecule has 0 amide bonds. The van der Waals surface area contributed by atoms with Crippen molar-refractivity contribution in [3.63, 3.8) is 0 Å². The van der Waals surface area contributed by atoms with Gasteiger partial charge in [0, 0.05) is 43.2 Å². The summed E-state index contributed by atoms with van der Waals surface area (Å²) in [6.07, 6.45) is 6.91. The van der Waals surface area contributed by atoms with E-state index in [9.17, 15) is 10.2 Å². The monoisotopic (exact) mass is 428 g/mol. The largest absolute Gasteiger partial charge is 0.392 e. The minimum absolute atomic E-state index is 0.162. The Balaban J connectivity index is 1.34. The second-order valence-corrected chi connectivity index (χ2v) is 8.66. The van der Waals surface area contributed by atoms with E-state index in [-0.39, 0.29) is 6.10 Å². The molecule has 5 rings (SSSR count). The highest BCUT2D eigenvalue weighted by Gasteiger charge is 2.19. The molecule has 4 aromatic rings. The first-order chi connectivity index (χ1) is 15.6. The van der Waals surface area contributed by atoms with Gasteiger partial charge in [0.05, 0.1) is 18.4 Å². The normalized spacial score (nSPS) is 17.8. The smallest absolute Gasteiger partial charge is 0.162 e. The Hall–Kier alpha value is -3.06. The molecule has 0 radical (unpaired) electrons. The van der Waals surface area contributed by atoms with E-state index in [2.05, 4.69) is 34.3 Å². The predicted octanol–water partition coefficient (Wildman–Crippen LogP) is 3.73. The SMILES string of the molecule is CC(O)c1cccc(-c2cnn3cc(-c4ccc(CCN5CCC(O)C5)cc4)cnc23)c1. The van der Waals surface area contributed by atoms with Crippen molar-refractivity contribution >= 4 is 5.65 Å². The van der Waals surface area contributed by atoms with Gasteiger partial charge >= 0.3 is 0 Å². The van der Waals surface area contributed by atoms with Crippen LogP contribution in [0.25, 0.3) is 27.9 Å². The van der Waals surface area contributed by atoms with Crippen molar-refractivity contribution in [2.75, 3.05) is 19.6 Å². The number of aromatic nitrogens is 3. The molecule has 1 aliphatic rings. The molecule has 6 heteroatoms. The Morgan fingerprint density at radius 1 is 1.06 bits per heavy atom. The molecule has 6 nitrogen and oxygen atoms in total. The summed E-state index contributed by atoms with van der Waals surface area (Å²) in [7, 11) is 0.